The Morgan fingerprint density at radius 2 is 1.82 bits per heavy atom. The zero-order chi connectivity index (χ0) is 24.4. The van der Waals surface area contributed by atoms with Crippen LogP contribution >= 0.6 is 11.6 Å². The number of aliphatic hydroxyl groups is 1. The van der Waals surface area contributed by atoms with E-state index in [1.165, 1.54) is 23.2 Å². The molecule has 3 saturated carbocycles. The molecule has 2 bridgehead atoms. The van der Waals surface area contributed by atoms with Crippen molar-refractivity contribution in [1.82, 2.24) is 9.88 Å². The number of rotatable bonds is 4. The summed E-state index contributed by atoms with van der Waals surface area (Å²) in [4.78, 5) is 33.1. The number of alkyl halides is 3. The van der Waals surface area contributed by atoms with E-state index in [1.807, 2.05) is 0 Å². The Kier molecular flexibility index (Phi) is 5.36. The molecule has 1 saturated heterocycles. The lowest BCUT2D eigenvalue weighted by molar-refractivity contribution is -0.146. The number of fused-ring (bicyclic) bond motifs is 1. The van der Waals surface area contributed by atoms with Gasteiger partial charge in [0.2, 0.25) is 5.91 Å². The second kappa shape index (κ2) is 7.91. The van der Waals surface area contributed by atoms with Crippen LogP contribution in [0.25, 0.3) is 0 Å². The Hall–Kier alpha value is -2.72. The molecular weight excluding hydrogens is 478 g/mol. The number of aromatic nitrogens is 1. The van der Waals surface area contributed by atoms with Crippen LogP contribution in [0.3, 0.4) is 0 Å². The van der Waals surface area contributed by atoms with Gasteiger partial charge in [-0.1, -0.05) is 23.7 Å². The topological polar surface area (TPSA) is 73.7 Å². The highest BCUT2D eigenvalue weighted by molar-refractivity contribution is 6.30. The summed E-state index contributed by atoms with van der Waals surface area (Å²) in [5.74, 6) is -2.53. The Labute approximate surface area is 197 Å². The SMILES string of the molecule is O=C1[C@H](C2CC3(O)CC2C3)N(Cc2ccc(C(F)(F)F)cc2)C(=O)CN1c1ncc(Cl)cc1F. The molecule has 2 aromatic rings. The molecule has 4 fully saturated rings. The maximum Gasteiger partial charge on any atom is 0.416 e. The van der Waals surface area contributed by atoms with Crippen molar-refractivity contribution in [1.29, 1.82) is 0 Å². The highest BCUT2D eigenvalue weighted by Crippen LogP contribution is 2.57. The fourth-order valence-electron chi connectivity index (χ4n) is 5.49. The Morgan fingerprint density at radius 1 is 1.15 bits per heavy atom. The molecule has 3 aliphatic carbocycles. The van der Waals surface area contributed by atoms with Crippen molar-refractivity contribution >= 4 is 29.2 Å². The first-order chi connectivity index (χ1) is 15.9. The first-order valence-electron chi connectivity index (χ1n) is 10.8. The van der Waals surface area contributed by atoms with Crippen LogP contribution in [-0.2, 0) is 22.3 Å². The second-order valence-electron chi connectivity index (χ2n) is 9.31. The molecule has 1 aromatic heterocycles. The van der Waals surface area contributed by atoms with E-state index in [4.69, 9.17) is 11.6 Å². The molecular formula is C23H20ClF4N3O3. The molecule has 34 heavy (non-hydrogen) atoms. The van der Waals surface area contributed by atoms with Crippen LogP contribution in [0, 0.1) is 17.7 Å². The fourth-order valence-corrected chi connectivity index (χ4v) is 5.64. The highest BCUT2D eigenvalue weighted by Gasteiger charge is 2.60. The van der Waals surface area contributed by atoms with E-state index in [2.05, 4.69) is 4.98 Å². The molecule has 2 atom stereocenters. The van der Waals surface area contributed by atoms with Crippen molar-refractivity contribution in [2.75, 3.05) is 11.4 Å². The summed E-state index contributed by atoms with van der Waals surface area (Å²) >= 11 is 5.77. The van der Waals surface area contributed by atoms with Crippen LogP contribution in [0.5, 0.6) is 0 Å². The van der Waals surface area contributed by atoms with Gasteiger partial charge in [-0.15, -0.1) is 0 Å². The number of hydrogen-bond acceptors (Lipinski definition) is 4. The number of pyridine rings is 1. The van der Waals surface area contributed by atoms with Gasteiger partial charge in [0.1, 0.15) is 12.6 Å². The van der Waals surface area contributed by atoms with Crippen molar-refractivity contribution in [3.05, 3.63) is 58.5 Å². The van der Waals surface area contributed by atoms with Crippen molar-refractivity contribution in [3.63, 3.8) is 0 Å². The smallest absolute Gasteiger partial charge is 0.390 e. The molecule has 1 unspecified atom stereocenters. The number of amides is 2. The van der Waals surface area contributed by atoms with Crippen LogP contribution in [0.15, 0.2) is 36.5 Å². The number of halogens is 5. The van der Waals surface area contributed by atoms with Crippen LogP contribution in [0.2, 0.25) is 5.02 Å². The largest absolute Gasteiger partial charge is 0.416 e. The molecule has 0 radical (unpaired) electrons. The Morgan fingerprint density at radius 3 is 2.38 bits per heavy atom. The van der Waals surface area contributed by atoms with Crippen LogP contribution < -0.4 is 4.90 Å². The van der Waals surface area contributed by atoms with Crippen LogP contribution in [0.4, 0.5) is 23.4 Å². The summed E-state index contributed by atoms with van der Waals surface area (Å²) in [6.45, 7) is -0.553. The fraction of sp³-hybridized carbons (Fsp3) is 0.435. The first-order valence-corrected chi connectivity index (χ1v) is 11.1. The third-order valence-electron chi connectivity index (χ3n) is 7.06. The zero-order valence-electron chi connectivity index (χ0n) is 17.7. The molecule has 180 valence electrons. The number of nitrogens with zero attached hydrogens (tertiary/aromatic N) is 3. The lowest BCUT2D eigenvalue weighted by atomic mass is 9.77. The highest BCUT2D eigenvalue weighted by atomic mass is 35.5. The van der Waals surface area contributed by atoms with Gasteiger partial charge in [0.25, 0.3) is 5.91 Å². The van der Waals surface area contributed by atoms with Crippen molar-refractivity contribution in [2.24, 2.45) is 11.8 Å². The normalized spacial score (nSPS) is 28.9. The minimum Gasteiger partial charge on any atom is -0.390 e. The van der Waals surface area contributed by atoms with E-state index in [0.717, 1.165) is 23.1 Å². The monoisotopic (exact) mass is 497 g/mol. The summed E-state index contributed by atoms with van der Waals surface area (Å²) in [5, 5.41) is 10.6. The minimum atomic E-state index is -4.49. The molecule has 6 nitrogen and oxygen atoms in total. The molecule has 6 rings (SSSR count). The molecule has 1 aliphatic heterocycles. The van der Waals surface area contributed by atoms with Gasteiger partial charge in [0.05, 0.1) is 16.2 Å². The number of carbonyl (C=O) groups is 2. The molecule has 4 aliphatic rings. The number of piperazine rings is 1. The predicted octanol–water partition coefficient (Wildman–Crippen LogP) is 3.80. The van der Waals surface area contributed by atoms with Crippen LogP contribution in [0.1, 0.15) is 30.4 Å². The van der Waals surface area contributed by atoms with Gasteiger partial charge in [-0.05, 0) is 54.9 Å². The maximum absolute atomic E-state index is 14.6. The Balaban J connectivity index is 1.47. The summed E-state index contributed by atoms with van der Waals surface area (Å²) < 4.78 is 53.3. The van der Waals surface area contributed by atoms with Gasteiger partial charge in [-0.3, -0.25) is 14.5 Å². The Bertz CT molecular complexity index is 1150. The lowest BCUT2D eigenvalue weighted by Gasteiger charge is -2.43. The van der Waals surface area contributed by atoms with Crippen LogP contribution in [-0.4, -0.2) is 45.0 Å². The minimum absolute atomic E-state index is 0.0184. The zero-order valence-corrected chi connectivity index (χ0v) is 18.5. The number of anilines is 1. The first kappa shape index (κ1) is 23.0. The summed E-state index contributed by atoms with van der Waals surface area (Å²) in [7, 11) is 0. The molecule has 1 N–H and O–H groups in total. The van der Waals surface area contributed by atoms with Crippen molar-refractivity contribution in [2.45, 2.75) is 43.6 Å². The molecule has 11 heteroatoms. The standard InChI is InChI=1S/C23H20ClF4N3O3/c24-15-5-17(25)20(29-9-15)31-11-18(32)30(10-12-1-3-14(4-2-12)23(26,27)28)19(21(31)33)16-8-22(34)6-13(16)7-22/h1-5,9,13,16,19,34H,6-8,10-11H2/t13?,16?,19-,22?/m0/s1. The van der Waals surface area contributed by atoms with E-state index < -0.39 is 47.6 Å². The van der Waals surface area contributed by atoms with Gasteiger partial charge in [0, 0.05) is 12.7 Å². The average Bonchev–Trinajstić information content (AvgIpc) is 3.23. The number of benzene rings is 1. The van der Waals surface area contributed by atoms with Crippen molar-refractivity contribution < 1.29 is 32.3 Å². The van der Waals surface area contributed by atoms with Gasteiger partial charge in [0.15, 0.2) is 11.6 Å². The number of carbonyl (C=O) groups excluding carboxylic acids is 2. The maximum atomic E-state index is 14.6. The predicted molar refractivity (Wildman–Crippen MR) is 113 cm³/mol. The van der Waals surface area contributed by atoms with Gasteiger partial charge < -0.3 is 10.0 Å². The summed E-state index contributed by atoms with van der Waals surface area (Å²) in [5.41, 5.74) is -1.28. The van der Waals surface area contributed by atoms with Crippen molar-refractivity contribution in [3.8, 4) is 0 Å². The lowest BCUT2D eigenvalue weighted by Crippen LogP contribution is -2.62. The third kappa shape index (κ3) is 3.92. The van der Waals surface area contributed by atoms with Gasteiger partial charge in [-0.25, -0.2) is 9.37 Å². The second-order valence-corrected chi connectivity index (χ2v) is 9.74. The molecule has 2 amide bonds. The quantitative estimate of drug-likeness (QED) is 0.652. The molecule has 0 spiro atoms. The molecule has 2 heterocycles. The van der Waals surface area contributed by atoms with E-state index >= 15 is 0 Å². The number of hydrogen-bond donors (Lipinski definition) is 1. The van der Waals surface area contributed by atoms with E-state index in [0.29, 0.717) is 24.8 Å². The van der Waals surface area contributed by atoms with E-state index in [-0.39, 0.29) is 29.2 Å². The summed E-state index contributed by atoms with van der Waals surface area (Å²) in [6.07, 6.45) is -1.98. The van der Waals surface area contributed by atoms with E-state index in [9.17, 15) is 32.3 Å². The average molecular weight is 498 g/mol. The van der Waals surface area contributed by atoms with Gasteiger partial charge in [-0.2, -0.15) is 13.2 Å². The van der Waals surface area contributed by atoms with Gasteiger partial charge >= 0.3 is 6.18 Å². The van der Waals surface area contributed by atoms with E-state index in [1.54, 1.807) is 0 Å². The third-order valence-corrected chi connectivity index (χ3v) is 7.26. The summed E-state index contributed by atoms with van der Waals surface area (Å²) in [6, 6.07) is 4.39. The molecule has 1 aromatic carbocycles.